The van der Waals surface area contributed by atoms with Crippen LogP contribution in [0, 0.1) is 11.8 Å². The molecule has 1 unspecified atom stereocenters. The first-order valence-corrected chi connectivity index (χ1v) is 5.57. The fraction of sp³-hybridized carbons (Fsp3) is 0.545. The molecule has 0 radical (unpaired) electrons. The summed E-state index contributed by atoms with van der Waals surface area (Å²) in [6.07, 6.45) is 1.41. The normalized spacial score (nSPS) is 19.1. The lowest BCUT2D eigenvalue weighted by Gasteiger charge is -2.16. The number of ether oxygens (including phenoxy) is 1. The molecule has 1 aliphatic rings. The Bertz CT molecular complexity index is 433. The molecule has 0 saturated heterocycles. The average Bonchev–Trinajstić information content (AvgIpc) is 2.46. The van der Waals surface area contributed by atoms with Gasteiger partial charge in [-0.1, -0.05) is 13.8 Å². The Morgan fingerprint density at radius 2 is 2.24 bits per heavy atom. The Kier molecular flexibility index (Phi) is 3.12. The highest BCUT2D eigenvalue weighted by Crippen LogP contribution is 2.31. The summed E-state index contributed by atoms with van der Waals surface area (Å²) < 4.78 is 5.11. The molecule has 2 heterocycles. The van der Waals surface area contributed by atoms with Crippen molar-refractivity contribution in [1.82, 2.24) is 9.97 Å². The minimum Gasteiger partial charge on any atom is -0.479 e. The van der Waals surface area contributed by atoms with Gasteiger partial charge in [-0.25, -0.2) is 4.98 Å². The smallest absolute Gasteiger partial charge is 0.242 e. The first kappa shape index (κ1) is 11.6. The number of carbonyl (C=O) groups excluding carboxylic acids is 1. The van der Waals surface area contributed by atoms with Crippen LogP contribution in [0.1, 0.15) is 13.8 Å². The van der Waals surface area contributed by atoms with E-state index in [2.05, 4.69) is 20.6 Å². The molecular formula is C11H16N4O2. The van der Waals surface area contributed by atoms with E-state index in [9.17, 15) is 4.79 Å². The van der Waals surface area contributed by atoms with Crippen LogP contribution in [0.4, 0.5) is 11.5 Å². The summed E-state index contributed by atoms with van der Waals surface area (Å²) in [4.78, 5) is 20.1. The highest BCUT2D eigenvalue weighted by atomic mass is 16.5. The zero-order chi connectivity index (χ0) is 12.4. The Balaban J connectivity index is 2.35. The van der Waals surface area contributed by atoms with Crippen LogP contribution in [0.5, 0.6) is 5.88 Å². The van der Waals surface area contributed by atoms with Crippen molar-refractivity contribution in [3.05, 3.63) is 6.33 Å². The Hall–Kier alpha value is -1.85. The summed E-state index contributed by atoms with van der Waals surface area (Å²) in [5.74, 6) is 1.12. The van der Waals surface area contributed by atoms with Gasteiger partial charge in [0.1, 0.15) is 12.0 Å². The van der Waals surface area contributed by atoms with E-state index in [1.807, 2.05) is 13.8 Å². The molecule has 17 heavy (non-hydrogen) atoms. The van der Waals surface area contributed by atoms with Crippen molar-refractivity contribution < 1.29 is 9.53 Å². The molecule has 1 amide bonds. The predicted octanol–water partition coefficient (Wildman–Crippen LogP) is 1.12. The van der Waals surface area contributed by atoms with Crippen molar-refractivity contribution in [1.29, 1.82) is 0 Å². The number of carbonyl (C=O) groups is 1. The summed E-state index contributed by atoms with van der Waals surface area (Å²) >= 11 is 0. The van der Waals surface area contributed by atoms with Gasteiger partial charge in [0.05, 0.1) is 13.0 Å². The number of rotatable bonds is 2. The number of amides is 1. The molecule has 6 heteroatoms. The number of methoxy groups -OCH3 is 1. The molecule has 0 aliphatic carbocycles. The fourth-order valence-corrected chi connectivity index (χ4v) is 1.82. The van der Waals surface area contributed by atoms with E-state index in [4.69, 9.17) is 4.74 Å². The summed E-state index contributed by atoms with van der Waals surface area (Å²) in [7, 11) is 1.51. The molecule has 92 valence electrons. The number of aromatic nitrogens is 2. The van der Waals surface area contributed by atoms with E-state index in [1.165, 1.54) is 13.4 Å². The maximum atomic E-state index is 12.0. The lowest BCUT2D eigenvalue weighted by atomic mass is 9.95. The number of hydrogen-bond acceptors (Lipinski definition) is 5. The predicted molar refractivity (Wildman–Crippen MR) is 64.0 cm³/mol. The van der Waals surface area contributed by atoms with Crippen molar-refractivity contribution >= 4 is 17.4 Å². The van der Waals surface area contributed by atoms with Gasteiger partial charge in [-0.05, 0) is 5.92 Å². The van der Waals surface area contributed by atoms with E-state index < -0.39 is 0 Å². The molecule has 0 fully saturated rings. The van der Waals surface area contributed by atoms with Gasteiger partial charge in [0.15, 0.2) is 5.82 Å². The molecule has 0 bridgehead atoms. The van der Waals surface area contributed by atoms with Crippen LogP contribution in [0.25, 0.3) is 0 Å². The zero-order valence-electron chi connectivity index (χ0n) is 10.2. The summed E-state index contributed by atoms with van der Waals surface area (Å²) in [5, 5.41) is 5.97. The average molecular weight is 236 g/mol. The van der Waals surface area contributed by atoms with Gasteiger partial charge in [0.25, 0.3) is 0 Å². The van der Waals surface area contributed by atoms with E-state index in [1.54, 1.807) is 0 Å². The van der Waals surface area contributed by atoms with E-state index >= 15 is 0 Å². The molecule has 1 aliphatic heterocycles. The van der Waals surface area contributed by atoms with Crippen LogP contribution in [-0.4, -0.2) is 29.5 Å². The molecule has 1 aromatic rings. The minimum atomic E-state index is -0.0890. The van der Waals surface area contributed by atoms with Gasteiger partial charge in [-0.15, -0.1) is 0 Å². The minimum absolute atomic E-state index is 0.0284. The maximum absolute atomic E-state index is 12.0. The number of nitrogens with zero attached hydrogens (tertiary/aromatic N) is 2. The number of fused-ring (bicyclic) bond motifs is 1. The second kappa shape index (κ2) is 4.57. The van der Waals surface area contributed by atoms with Gasteiger partial charge in [0, 0.05) is 6.54 Å². The molecule has 0 saturated carbocycles. The van der Waals surface area contributed by atoms with Gasteiger partial charge < -0.3 is 15.4 Å². The lowest BCUT2D eigenvalue weighted by Crippen LogP contribution is -2.30. The second-order valence-electron chi connectivity index (χ2n) is 4.33. The molecule has 0 spiro atoms. The van der Waals surface area contributed by atoms with Crippen molar-refractivity contribution in [2.24, 2.45) is 11.8 Å². The van der Waals surface area contributed by atoms with Crippen LogP contribution in [0.2, 0.25) is 0 Å². The molecule has 1 aromatic heterocycles. The maximum Gasteiger partial charge on any atom is 0.242 e. The zero-order valence-corrected chi connectivity index (χ0v) is 10.2. The van der Waals surface area contributed by atoms with Crippen LogP contribution in [-0.2, 0) is 4.79 Å². The van der Waals surface area contributed by atoms with Gasteiger partial charge in [0.2, 0.25) is 11.8 Å². The standard InChI is InChI=1S/C11H16N4O2/c1-6(2)7-4-12-9-8(15-10(7)16)11(17-3)14-5-13-9/h5-7H,4H2,1-3H3,(H,15,16)(H,12,13,14). The third-order valence-electron chi connectivity index (χ3n) is 2.88. The third-order valence-corrected chi connectivity index (χ3v) is 2.88. The highest BCUT2D eigenvalue weighted by Gasteiger charge is 2.28. The lowest BCUT2D eigenvalue weighted by molar-refractivity contribution is -0.120. The first-order valence-electron chi connectivity index (χ1n) is 5.57. The quantitative estimate of drug-likeness (QED) is 0.804. The van der Waals surface area contributed by atoms with Crippen molar-refractivity contribution in [3.8, 4) is 5.88 Å². The van der Waals surface area contributed by atoms with Gasteiger partial charge >= 0.3 is 0 Å². The summed E-state index contributed by atoms with van der Waals surface area (Å²) in [6, 6.07) is 0. The molecule has 6 nitrogen and oxygen atoms in total. The molecule has 0 aromatic carbocycles. The van der Waals surface area contributed by atoms with Crippen LogP contribution in [0.3, 0.4) is 0 Å². The fourth-order valence-electron chi connectivity index (χ4n) is 1.82. The summed E-state index contributed by atoms with van der Waals surface area (Å²) in [6.45, 7) is 4.60. The van der Waals surface area contributed by atoms with Crippen LogP contribution >= 0.6 is 0 Å². The SMILES string of the molecule is COc1ncnc2c1NC(=O)C(C(C)C)CN2. The Labute approximate surface area is 99.8 Å². The Morgan fingerprint density at radius 3 is 2.88 bits per heavy atom. The monoisotopic (exact) mass is 236 g/mol. The largest absolute Gasteiger partial charge is 0.479 e. The molecule has 1 atom stereocenters. The number of anilines is 2. The molecule has 2 rings (SSSR count). The topological polar surface area (TPSA) is 76.1 Å². The van der Waals surface area contributed by atoms with E-state index in [-0.39, 0.29) is 17.7 Å². The van der Waals surface area contributed by atoms with E-state index in [0.29, 0.717) is 23.9 Å². The Morgan fingerprint density at radius 1 is 1.47 bits per heavy atom. The van der Waals surface area contributed by atoms with Crippen molar-refractivity contribution in [3.63, 3.8) is 0 Å². The highest BCUT2D eigenvalue weighted by molar-refractivity contribution is 5.98. The second-order valence-corrected chi connectivity index (χ2v) is 4.33. The summed E-state index contributed by atoms with van der Waals surface area (Å²) in [5.41, 5.74) is 0.517. The van der Waals surface area contributed by atoms with Gasteiger partial charge in [-0.3, -0.25) is 4.79 Å². The van der Waals surface area contributed by atoms with Crippen LogP contribution < -0.4 is 15.4 Å². The molecular weight excluding hydrogens is 220 g/mol. The van der Waals surface area contributed by atoms with Crippen molar-refractivity contribution in [2.45, 2.75) is 13.8 Å². The van der Waals surface area contributed by atoms with E-state index in [0.717, 1.165) is 0 Å². The number of hydrogen-bond donors (Lipinski definition) is 2. The molecule has 2 N–H and O–H groups in total. The number of nitrogens with one attached hydrogen (secondary N) is 2. The van der Waals surface area contributed by atoms with Crippen LogP contribution in [0.15, 0.2) is 6.33 Å². The van der Waals surface area contributed by atoms with Crippen molar-refractivity contribution in [2.75, 3.05) is 24.3 Å². The third kappa shape index (κ3) is 2.15. The van der Waals surface area contributed by atoms with Gasteiger partial charge in [-0.2, -0.15) is 4.98 Å². The first-order chi connectivity index (χ1) is 8.13.